The second kappa shape index (κ2) is 5.45. The van der Waals surface area contributed by atoms with Gasteiger partial charge in [-0.2, -0.15) is 0 Å². The molecule has 1 N–H and O–H groups in total. The van der Waals surface area contributed by atoms with Gasteiger partial charge in [0.2, 0.25) is 5.91 Å². The number of amides is 1. The first-order valence-electron chi connectivity index (χ1n) is 8.58. The lowest BCUT2D eigenvalue weighted by atomic mass is 9.74. The molecule has 0 aliphatic carbocycles. The summed E-state index contributed by atoms with van der Waals surface area (Å²) < 4.78 is 14.1. The highest BCUT2D eigenvalue weighted by molar-refractivity contribution is 5.84. The lowest BCUT2D eigenvalue weighted by Gasteiger charge is -2.49. The van der Waals surface area contributed by atoms with Crippen molar-refractivity contribution in [3.05, 3.63) is 71.6 Å². The number of hydrogen-bond donors (Lipinski definition) is 1. The third-order valence-electron chi connectivity index (χ3n) is 5.55. The van der Waals surface area contributed by atoms with Crippen LogP contribution in [0.2, 0.25) is 0 Å². The van der Waals surface area contributed by atoms with Crippen LogP contribution in [0.15, 0.2) is 54.6 Å². The molecule has 2 aromatic carbocycles. The fourth-order valence-electron chi connectivity index (χ4n) is 4.14. The number of carbonyl (C=O) groups is 1. The Bertz CT molecular complexity index is 874. The topological polar surface area (TPSA) is 32.3 Å². The molecule has 0 radical (unpaired) electrons. The second-order valence-electron chi connectivity index (χ2n) is 7.21. The predicted octanol–water partition coefficient (Wildman–Crippen LogP) is 3.85. The van der Waals surface area contributed by atoms with Crippen LogP contribution >= 0.6 is 0 Å². The minimum atomic E-state index is -0.700. The van der Waals surface area contributed by atoms with Gasteiger partial charge in [-0.05, 0) is 23.8 Å². The van der Waals surface area contributed by atoms with Gasteiger partial charge in [0.15, 0.2) is 0 Å². The monoisotopic (exact) mass is 336 g/mol. The first kappa shape index (κ1) is 15.9. The van der Waals surface area contributed by atoms with E-state index in [1.165, 1.54) is 11.6 Å². The van der Waals surface area contributed by atoms with Crippen LogP contribution in [0, 0.1) is 5.82 Å². The van der Waals surface area contributed by atoms with Crippen LogP contribution in [-0.4, -0.2) is 18.1 Å². The Morgan fingerprint density at radius 3 is 2.64 bits per heavy atom. The Morgan fingerprint density at radius 1 is 1.12 bits per heavy atom. The van der Waals surface area contributed by atoms with Crippen LogP contribution in [0.1, 0.15) is 31.4 Å². The average molecular weight is 336 g/mol. The van der Waals surface area contributed by atoms with Crippen molar-refractivity contribution < 1.29 is 9.18 Å². The highest BCUT2D eigenvalue weighted by atomic mass is 19.1. The summed E-state index contributed by atoms with van der Waals surface area (Å²) in [5, 5.41) is 3.20. The summed E-state index contributed by atoms with van der Waals surface area (Å²) >= 11 is 0. The van der Waals surface area contributed by atoms with Gasteiger partial charge in [-0.15, -0.1) is 0 Å². The molecule has 128 valence electrons. The van der Waals surface area contributed by atoms with E-state index in [1.54, 1.807) is 18.2 Å². The molecule has 0 spiro atoms. The van der Waals surface area contributed by atoms with Crippen molar-refractivity contribution in [1.29, 1.82) is 0 Å². The highest BCUT2D eigenvalue weighted by Crippen LogP contribution is 2.52. The third-order valence-corrected chi connectivity index (χ3v) is 5.55. The van der Waals surface area contributed by atoms with Crippen molar-refractivity contribution in [2.75, 3.05) is 11.4 Å². The summed E-state index contributed by atoms with van der Waals surface area (Å²) in [5.74, 6) is -0.243. The molecule has 2 aliphatic rings. The van der Waals surface area contributed by atoms with Crippen LogP contribution in [-0.2, 0) is 10.2 Å². The number of halogens is 1. The van der Waals surface area contributed by atoms with Gasteiger partial charge in [0, 0.05) is 29.6 Å². The number of nitrogens with zero attached hydrogens (tertiary/aromatic N) is 1. The maximum Gasteiger partial charge on any atom is 0.223 e. The lowest BCUT2D eigenvalue weighted by Crippen LogP contribution is -2.68. The fourth-order valence-corrected chi connectivity index (χ4v) is 4.14. The zero-order valence-electron chi connectivity index (χ0n) is 14.4. The number of benzene rings is 2. The number of carbonyl (C=O) groups excluding carboxylic acids is 1. The number of nitrogens with one attached hydrogen (secondary N) is 1. The van der Waals surface area contributed by atoms with Crippen LogP contribution < -0.4 is 10.2 Å². The third kappa shape index (κ3) is 2.20. The normalized spacial score (nSPS) is 24.1. The molecule has 4 heteroatoms. The van der Waals surface area contributed by atoms with Gasteiger partial charge in [-0.3, -0.25) is 4.79 Å². The zero-order valence-corrected chi connectivity index (χ0v) is 14.4. The van der Waals surface area contributed by atoms with Crippen LogP contribution in [0.5, 0.6) is 0 Å². The van der Waals surface area contributed by atoms with Gasteiger partial charge in [0.05, 0.1) is 0 Å². The molecule has 1 fully saturated rings. The van der Waals surface area contributed by atoms with Crippen molar-refractivity contribution in [3.8, 4) is 0 Å². The van der Waals surface area contributed by atoms with Crippen molar-refractivity contribution >= 4 is 17.7 Å². The molecule has 2 aromatic rings. The molecule has 4 rings (SSSR count). The maximum absolute atomic E-state index is 14.1. The molecular weight excluding hydrogens is 315 g/mol. The summed E-state index contributed by atoms with van der Waals surface area (Å²) in [6.07, 6.45) is 4.18. The van der Waals surface area contributed by atoms with Gasteiger partial charge in [-0.25, -0.2) is 4.39 Å². The highest BCUT2D eigenvalue weighted by Gasteiger charge is 2.57. The molecule has 1 atom stereocenters. The molecule has 2 aliphatic heterocycles. The largest absolute Gasteiger partial charge is 0.344 e. The minimum Gasteiger partial charge on any atom is -0.344 e. The first-order chi connectivity index (χ1) is 12.0. The Hall–Kier alpha value is -2.62. The summed E-state index contributed by atoms with van der Waals surface area (Å²) in [6, 6.07) is 14.9. The van der Waals surface area contributed by atoms with E-state index in [9.17, 15) is 9.18 Å². The van der Waals surface area contributed by atoms with E-state index in [2.05, 4.69) is 36.2 Å². The predicted molar refractivity (Wildman–Crippen MR) is 97.7 cm³/mol. The van der Waals surface area contributed by atoms with E-state index in [4.69, 9.17) is 0 Å². The summed E-state index contributed by atoms with van der Waals surface area (Å²) in [4.78, 5) is 14.5. The van der Waals surface area contributed by atoms with Crippen LogP contribution in [0.4, 0.5) is 10.1 Å². The van der Waals surface area contributed by atoms with E-state index in [0.29, 0.717) is 18.5 Å². The Labute approximate surface area is 147 Å². The minimum absolute atomic E-state index is 0.0234. The first-order valence-corrected chi connectivity index (χ1v) is 8.58. The quantitative estimate of drug-likeness (QED) is 0.903. The van der Waals surface area contributed by atoms with Crippen molar-refractivity contribution in [3.63, 3.8) is 0 Å². The van der Waals surface area contributed by atoms with Gasteiger partial charge in [-0.1, -0.05) is 56.3 Å². The summed E-state index contributed by atoms with van der Waals surface area (Å²) in [6.45, 7) is 4.90. The molecular formula is C21H21FN2O. The van der Waals surface area contributed by atoms with Gasteiger partial charge >= 0.3 is 0 Å². The lowest BCUT2D eigenvalue weighted by molar-refractivity contribution is -0.124. The summed E-state index contributed by atoms with van der Waals surface area (Å²) in [7, 11) is 0. The SMILES string of the molecule is CC1(C)c2ccccc2N2CCC(=O)N[C@]21/C=C/c1ccccc1F. The Balaban J connectivity index is 1.86. The Morgan fingerprint density at radius 2 is 1.84 bits per heavy atom. The zero-order chi connectivity index (χ0) is 17.7. The molecule has 2 heterocycles. The molecule has 3 nitrogen and oxygen atoms in total. The number of para-hydroxylation sites is 1. The van der Waals surface area contributed by atoms with E-state index in [-0.39, 0.29) is 17.1 Å². The van der Waals surface area contributed by atoms with E-state index in [1.807, 2.05) is 24.3 Å². The van der Waals surface area contributed by atoms with Gasteiger partial charge < -0.3 is 10.2 Å². The molecule has 0 aromatic heterocycles. The number of hydrogen-bond acceptors (Lipinski definition) is 2. The fraction of sp³-hybridized carbons (Fsp3) is 0.286. The van der Waals surface area contributed by atoms with Crippen molar-refractivity contribution in [2.45, 2.75) is 31.3 Å². The molecule has 0 bridgehead atoms. The van der Waals surface area contributed by atoms with E-state index >= 15 is 0 Å². The van der Waals surface area contributed by atoms with Crippen molar-refractivity contribution in [1.82, 2.24) is 5.32 Å². The number of rotatable bonds is 2. The molecule has 0 unspecified atom stereocenters. The molecule has 1 saturated heterocycles. The molecule has 25 heavy (non-hydrogen) atoms. The maximum atomic E-state index is 14.1. The molecule has 0 saturated carbocycles. The van der Waals surface area contributed by atoms with E-state index in [0.717, 1.165) is 5.69 Å². The van der Waals surface area contributed by atoms with Gasteiger partial charge in [0.1, 0.15) is 11.5 Å². The smallest absolute Gasteiger partial charge is 0.223 e. The average Bonchev–Trinajstić information content (AvgIpc) is 2.79. The standard InChI is InChI=1S/C21H21FN2O/c1-20(2)16-8-4-6-10-18(16)24-14-12-19(25)23-21(20,24)13-11-15-7-3-5-9-17(15)22/h3-11,13H,12,14H2,1-2H3,(H,23,25)/b13-11+/t21-/m1/s1. The van der Waals surface area contributed by atoms with Gasteiger partial charge in [0.25, 0.3) is 0 Å². The van der Waals surface area contributed by atoms with Crippen molar-refractivity contribution in [2.24, 2.45) is 0 Å². The molecule has 1 amide bonds. The Kier molecular flexibility index (Phi) is 3.46. The number of anilines is 1. The van der Waals surface area contributed by atoms with Crippen LogP contribution in [0.25, 0.3) is 6.08 Å². The second-order valence-corrected chi connectivity index (χ2v) is 7.21. The van der Waals surface area contributed by atoms with Crippen LogP contribution in [0.3, 0.4) is 0 Å². The number of fused-ring (bicyclic) bond motifs is 3. The van der Waals surface area contributed by atoms with E-state index < -0.39 is 5.66 Å². The summed E-state index contributed by atoms with van der Waals surface area (Å²) in [5.41, 5.74) is 1.79.